The van der Waals surface area contributed by atoms with Crippen molar-refractivity contribution in [2.75, 3.05) is 13.1 Å². The van der Waals surface area contributed by atoms with Crippen LogP contribution in [-0.4, -0.2) is 32.3 Å². The van der Waals surface area contributed by atoms with Crippen LogP contribution in [0.2, 0.25) is 0 Å². The first-order valence-corrected chi connectivity index (χ1v) is 9.40. The lowest BCUT2D eigenvalue weighted by atomic mass is 10.0. The molecule has 1 unspecified atom stereocenters. The van der Waals surface area contributed by atoms with E-state index in [1.165, 1.54) is 6.07 Å². The molecule has 1 N–H and O–H groups in total. The van der Waals surface area contributed by atoms with Crippen LogP contribution in [0.4, 0.5) is 4.39 Å². The normalized spacial score (nSPS) is 17.0. The standard InChI is InChI=1S/C21H20FN5O/c1-12-7-18(25-27-11-13(2)24-20(12)27)15-8-14-4-6-26(16-3-5-23-10-16)21(28)19(14)17(22)9-15/h4,6-9,11,16,23H,3,5,10H2,1-2H3. The first-order chi connectivity index (χ1) is 13.5. The number of hydrogen-bond donors (Lipinski definition) is 1. The Morgan fingerprint density at radius 3 is 2.89 bits per heavy atom. The first-order valence-electron chi connectivity index (χ1n) is 9.40. The molecule has 1 aliphatic heterocycles. The number of aromatic nitrogens is 4. The number of nitrogens with zero attached hydrogens (tertiary/aromatic N) is 4. The molecule has 0 amide bonds. The van der Waals surface area contributed by atoms with Gasteiger partial charge in [0.2, 0.25) is 0 Å². The summed E-state index contributed by atoms with van der Waals surface area (Å²) in [6.45, 7) is 5.48. The maximum atomic E-state index is 15.0. The predicted octanol–water partition coefficient (Wildman–Crippen LogP) is 3.00. The minimum Gasteiger partial charge on any atom is -0.315 e. The Hall–Kier alpha value is -3.06. The Bertz CT molecular complexity index is 1280. The summed E-state index contributed by atoms with van der Waals surface area (Å²) in [7, 11) is 0. The highest BCUT2D eigenvalue weighted by molar-refractivity contribution is 5.86. The lowest BCUT2D eigenvalue weighted by Gasteiger charge is -2.14. The third-order valence-electron chi connectivity index (χ3n) is 5.44. The molecule has 7 heteroatoms. The fourth-order valence-electron chi connectivity index (χ4n) is 4.04. The molecule has 0 saturated carbocycles. The number of fused-ring (bicyclic) bond motifs is 2. The molecule has 1 aliphatic rings. The lowest BCUT2D eigenvalue weighted by molar-refractivity contribution is 0.530. The van der Waals surface area contributed by atoms with Gasteiger partial charge in [-0.25, -0.2) is 13.9 Å². The Balaban J connectivity index is 1.68. The summed E-state index contributed by atoms with van der Waals surface area (Å²) in [5, 5.41) is 8.54. The number of benzene rings is 1. The van der Waals surface area contributed by atoms with Crippen molar-refractivity contribution in [2.45, 2.75) is 26.3 Å². The molecule has 3 aromatic heterocycles. The molecule has 28 heavy (non-hydrogen) atoms. The van der Waals surface area contributed by atoms with E-state index in [1.807, 2.05) is 38.2 Å². The summed E-state index contributed by atoms with van der Waals surface area (Å²) in [5.41, 5.74) is 3.63. The summed E-state index contributed by atoms with van der Waals surface area (Å²) in [6, 6.07) is 7.02. The third kappa shape index (κ3) is 2.62. The predicted molar refractivity (Wildman–Crippen MR) is 106 cm³/mol. The van der Waals surface area contributed by atoms with Gasteiger partial charge in [-0.05, 0) is 62.0 Å². The highest BCUT2D eigenvalue weighted by atomic mass is 19.1. The number of hydrogen-bond acceptors (Lipinski definition) is 4. The van der Waals surface area contributed by atoms with Crippen LogP contribution in [0.15, 0.2) is 41.5 Å². The Morgan fingerprint density at radius 1 is 1.25 bits per heavy atom. The number of aryl methyl sites for hydroxylation is 2. The van der Waals surface area contributed by atoms with Gasteiger partial charge in [0.15, 0.2) is 5.65 Å². The van der Waals surface area contributed by atoms with E-state index in [2.05, 4.69) is 15.4 Å². The SMILES string of the molecule is Cc1cn2nc(-c3cc(F)c4c(=O)n(C5CCNC5)ccc4c3)cc(C)c2n1. The Kier molecular flexibility index (Phi) is 3.80. The quantitative estimate of drug-likeness (QED) is 0.583. The van der Waals surface area contributed by atoms with Crippen molar-refractivity contribution >= 4 is 16.4 Å². The second-order valence-electron chi connectivity index (χ2n) is 7.46. The van der Waals surface area contributed by atoms with Gasteiger partial charge in [-0.1, -0.05) is 0 Å². The maximum Gasteiger partial charge on any atom is 0.261 e. The van der Waals surface area contributed by atoms with E-state index in [0.29, 0.717) is 16.6 Å². The van der Waals surface area contributed by atoms with Crippen molar-refractivity contribution in [2.24, 2.45) is 0 Å². The van der Waals surface area contributed by atoms with Crippen LogP contribution in [0.5, 0.6) is 0 Å². The van der Waals surface area contributed by atoms with Gasteiger partial charge in [-0.2, -0.15) is 5.10 Å². The second-order valence-corrected chi connectivity index (χ2v) is 7.46. The van der Waals surface area contributed by atoms with Crippen LogP contribution < -0.4 is 10.9 Å². The lowest BCUT2D eigenvalue weighted by Crippen LogP contribution is -2.26. The van der Waals surface area contributed by atoms with Crippen molar-refractivity contribution in [3.8, 4) is 11.3 Å². The van der Waals surface area contributed by atoms with Gasteiger partial charge >= 0.3 is 0 Å². The molecular weight excluding hydrogens is 357 g/mol. The molecule has 0 bridgehead atoms. The van der Waals surface area contributed by atoms with Crippen molar-refractivity contribution in [1.82, 2.24) is 24.5 Å². The van der Waals surface area contributed by atoms with E-state index in [4.69, 9.17) is 0 Å². The summed E-state index contributed by atoms with van der Waals surface area (Å²) in [6.07, 6.45) is 4.49. The van der Waals surface area contributed by atoms with Crippen molar-refractivity contribution in [1.29, 1.82) is 0 Å². The minimum atomic E-state index is -0.515. The molecule has 142 valence electrons. The smallest absolute Gasteiger partial charge is 0.261 e. The first kappa shape index (κ1) is 17.1. The molecule has 4 aromatic rings. The molecule has 1 fully saturated rings. The van der Waals surface area contributed by atoms with Crippen molar-refractivity contribution < 1.29 is 4.39 Å². The van der Waals surface area contributed by atoms with E-state index < -0.39 is 5.82 Å². The summed E-state index contributed by atoms with van der Waals surface area (Å²) in [5.74, 6) is -0.515. The zero-order chi connectivity index (χ0) is 19.4. The molecule has 0 spiro atoms. The zero-order valence-electron chi connectivity index (χ0n) is 15.7. The number of rotatable bonds is 2. The average Bonchev–Trinajstić information content (AvgIpc) is 3.31. The van der Waals surface area contributed by atoms with Crippen LogP contribution in [0.25, 0.3) is 27.7 Å². The fraction of sp³-hybridized carbons (Fsp3) is 0.286. The highest BCUT2D eigenvalue weighted by Gasteiger charge is 2.20. The zero-order valence-corrected chi connectivity index (χ0v) is 15.7. The molecule has 1 atom stereocenters. The van der Waals surface area contributed by atoms with E-state index in [1.54, 1.807) is 15.3 Å². The Morgan fingerprint density at radius 2 is 2.11 bits per heavy atom. The van der Waals surface area contributed by atoms with Crippen LogP contribution in [0.1, 0.15) is 23.7 Å². The minimum absolute atomic E-state index is 0.0761. The summed E-state index contributed by atoms with van der Waals surface area (Å²) >= 11 is 0. The van der Waals surface area contributed by atoms with Gasteiger partial charge in [0.25, 0.3) is 5.56 Å². The fourth-order valence-corrected chi connectivity index (χ4v) is 4.04. The van der Waals surface area contributed by atoms with Crippen molar-refractivity contribution in [3.05, 3.63) is 64.1 Å². The molecule has 1 aromatic carbocycles. The van der Waals surface area contributed by atoms with E-state index in [9.17, 15) is 4.79 Å². The van der Waals surface area contributed by atoms with E-state index in [-0.39, 0.29) is 17.0 Å². The average molecular weight is 377 g/mol. The second kappa shape index (κ2) is 6.24. The topological polar surface area (TPSA) is 64.2 Å². The van der Waals surface area contributed by atoms with Crippen LogP contribution >= 0.6 is 0 Å². The van der Waals surface area contributed by atoms with Gasteiger partial charge in [0, 0.05) is 18.3 Å². The van der Waals surface area contributed by atoms with Crippen LogP contribution in [0, 0.1) is 19.7 Å². The summed E-state index contributed by atoms with van der Waals surface area (Å²) in [4.78, 5) is 17.3. The molecule has 4 heterocycles. The Labute approximate surface area is 160 Å². The molecule has 0 radical (unpaired) electrons. The van der Waals surface area contributed by atoms with Gasteiger partial charge in [0.05, 0.1) is 29.0 Å². The van der Waals surface area contributed by atoms with E-state index >= 15 is 4.39 Å². The van der Waals surface area contributed by atoms with E-state index in [0.717, 1.165) is 36.4 Å². The molecular formula is C21H20FN5O. The van der Waals surface area contributed by atoms with Gasteiger partial charge in [-0.3, -0.25) is 4.79 Å². The molecule has 5 rings (SSSR count). The third-order valence-corrected chi connectivity index (χ3v) is 5.44. The molecule has 0 aliphatic carbocycles. The van der Waals surface area contributed by atoms with Crippen molar-refractivity contribution in [3.63, 3.8) is 0 Å². The molecule has 6 nitrogen and oxygen atoms in total. The number of pyridine rings is 1. The largest absolute Gasteiger partial charge is 0.315 e. The van der Waals surface area contributed by atoms with Crippen LogP contribution in [-0.2, 0) is 0 Å². The van der Waals surface area contributed by atoms with Gasteiger partial charge < -0.3 is 9.88 Å². The van der Waals surface area contributed by atoms with Gasteiger partial charge in [0.1, 0.15) is 5.82 Å². The summed E-state index contributed by atoms with van der Waals surface area (Å²) < 4.78 is 18.4. The van der Waals surface area contributed by atoms with Gasteiger partial charge in [-0.15, -0.1) is 0 Å². The van der Waals surface area contributed by atoms with Crippen LogP contribution in [0.3, 0.4) is 0 Å². The number of halogens is 1. The maximum absolute atomic E-state index is 15.0. The molecule has 1 saturated heterocycles. The number of imidazole rings is 1. The monoisotopic (exact) mass is 377 g/mol. The number of nitrogens with one attached hydrogen (secondary N) is 1. The highest BCUT2D eigenvalue weighted by Crippen LogP contribution is 2.26.